The number of hydrogen-bond donors (Lipinski definition) is 2. The van der Waals surface area contributed by atoms with Crippen molar-refractivity contribution in [1.29, 1.82) is 0 Å². The molecule has 2 heterocycles. The van der Waals surface area contributed by atoms with E-state index in [0.29, 0.717) is 31.4 Å². The lowest BCUT2D eigenvalue weighted by Crippen LogP contribution is -2.40. The number of sulfonamides is 1. The second-order valence-electron chi connectivity index (χ2n) is 7.00. The van der Waals surface area contributed by atoms with Crippen LogP contribution in [0, 0.1) is 3.57 Å². The van der Waals surface area contributed by atoms with Crippen LogP contribution in [0.4, 0.5) is 5.69 Å². The van der Waals surface area contributed by atoms with E-state index >= 15 is 0 Å². The van der Waals surface area contributed by atoms with Crippen LogP contribution in [-0.2, 0) is 10.0 Å². The maximum atomic E-state index is 13.2. The second-order valence-corrected chi connectivity index (χ2v) is 9.90. The van der Waals surface area contributed by atoms with E-state index < -0.39 is 16.1 Å². The van der Waals surface area contributed by atoms with Crippen LogP contribution in [0.25, 0.3) is 11.0 Å². The molecule has 10 heteroatoms. The lowest BCUT2D eigenvalue weighted by Gasteiger charge is -2.30. The van der Waals surface area contributed by atoms with Gasteiger partial charge in [0, 0.05) is 29.1 Å². The van der Waals surface area contributed by atoms with E-state index in [1.807, 2.05) is 0 Å². The number of fused-ring (bicyclic) bond motifs is 1. The average Bonchev–Trinajstić information content (AvgIpc) is 2.73. The van der Waals surface area contributed by atoms with Crippen molar-refractivity contribution in [2.75, 3.05) is 17.8 Å². The minimum absolute atomic E-state index is 0.00791. The molecule has 156 valence electrons. The number of halogens is 1. The number of piperidine rings is 1. The number of nitrogens with one attached hydrogen (secondary N) is 1. The summed E-state index contributed by atoms with van der Waals surface area (Å²) < 4.78 is 29.7. The Bertz CT molecular complexity index is 1210. The molecule has 1 saturated heterocycles. The minimum Gasteiger partial charge on any atom is -0.393 e. The number of amides is 1. The van der Waals surface area contributed by atoms with E-state index in [1.54, 1.807) is 35.2 Å². The Hall–Kier alpha value is -2.31. The topological polar surface area (TPSA) is 112 Å². The number of anilines is 1. The van der Waals surface area contributed by atoms with Crippen LogP contribution in [-0.4, -0.2) is 53.5 Å². The standard InChI is InChI=1S/C20H19IN4O4S/c21-13-4-5-15(20(27)25-10-6-14(26)7-11-25)17(12-13)24-30(28,29)18-3-1-2-16-19(18)23-9-8-22-16/h1-5,8-9,12,14,24,26H,6-7,10-11H2. The third-order valence-electron chi connectivity index (χ3n) is 4.96. The highest BCUT2D eigenvalue weighted by atomic mass is 127. The molecular weight excluding hydrogens is 519 g/mol. The first-order chi connectivity index (χ1) is 14.3. The Kier molecular flexibility index (Phi) is 5.89. The van der Waals surface area contributed by atoms with Gasteiger partial charge >= 0.3 is 0 Å². The number of carbonyl (C=O) groups excluding carboxylic acids is 1. The quantitative estimate of drug-likeness (QED) is 0.494. The van der Waals surface area contributed by atoms with E-state index in [2.05, 4.69) is 37.3 Å². The second kappa shape index (κ2) is 8.44. The van der Waals surface area contributed by atoms with Gasteiger partial charge < -0.3 is 10.0 Å². The van der Waals surface area contributed by atoms with Crippen molar-refractivity contribution in [2.45, 2.75) is 23.8 Å². The highest BCUT2D eigenvalue weighted by Gasteiger charge is 2.26. The van der Waals surface area contributed by atoms with Gasteiger partial charge in [0.25, 0.3) is 15.9 Å². The fraction of sp³-hybridized carbons (Fsp3) is 0.250. The van der Waals surface area contributed by atoms with Gasteiger partial charge in [-0.25, -0.2) is 8.42 Å². The van der Waals surface area contributed by atoms with Crippen LogP contribution in [0.15, 0.2) is 53.7 Å². The summed E-state index contributed by atoms with van der Waals surface area (Å²) >= 11 is 2.07. The molecule has 1 aliphatic rings. The predicted octanol–water partition coefficient (Wildman–Crippen LogP) is 2.63. The molecule has 1 aromatic heterocycles. The summed E-state index contributed by atoms with van der Waals surface area (Å²) in [6.45, 7) is 0.855. The van der Waals surface area contributed by atoms with E-state index in [1.165, 1.54) is 18.5 Å². The number of para-hydroxylation sites is 1. The van der Waals surface area contributed by atoms with Gasteiger partial charge in [-0.3, -0.25) is 19.5 Å². The zero-order chi connectivity index (χ0) is 21.3. The predicted molar refractivity (Wildman–Crippen MR) is 121 cm³/mol. The summed E-state index contributed by atoms with van der Waals surface area (Å²) in [6.07, 6.45) is 3.54. The number of hydrogen-bond acceptors (Lipinski definition) is 6. The molecule has 8 nitrogen and oxygen atoms in total. The number of carbonyl (C=O) groups is 1. The van der Waals surface area contributed by atoms with Gasteiger partial charge in [0.2, 0.25) is 0 Å². The van der Waals surface area contributed by atoms with Crippen molar-refractivity contribution < 1.29 is 18.3 Å². The van der Waals surface area contributed by atoms with E-state index in [0.717, 1.165) is 3.57 Å². The Morgan fingerprint density at radius 3 is 2.63 bits per heavy atom. The first-order valence-corrected chi connectivity index (χ1v) is 11.9. The van der Waals surface area contributed by atoms with Gasteiger partial charge in [-0.2, -0.15) is 0 Å². The van der Waals surface area contributed by atoms with Crippen LogP contribution in [0.2, 0.25) is 0 Å². The van der Waals surface area contributed by atoms with Gasteiger partial charge in [-0.15, -0.1) is 0 Å². The van der Waals surface area contributed by atoms with Crippen molar-refractivity contribution in [2.24, 2.45) is 0 Å². The minimum atomic E-state index is -4.02. The molecule has 1 aliphatic heterocycles. The smallest absolute Gasteiger partial charge is 0.264 e. The number of benzene rings is 2. The number of aromatic nitrogens is 2. The average molecular weight is 538 g/mol. The van der Waals surface area contributed by atoms with Gasteiger partial charge in [-0.05, 0) is 65.8 Å². The fourth-order valence-electron chi connectivity index (χ4n) is 3.41. The van der Waals surface area contributed by atoms with Crippen LogP contribution < -0.4 is 4.72 Å². The molecule has 2 N–H and O–H groups in total. The van der Waals surface area contributed by atoms with E-state index in [9.17, 15) is 18.3 Å². The first kappa shape index (κ1) is 20.9. The largest absolute Gasteiger partial charge is 0.393 e. The summed E-state index contributed by atoms with van der Waals surface area (Å²) in [5.74, 6) is -0.270. The van der Waals surface area contributed by atoms with Crippen molar-refractivity contribution in [3.63, 3.8) is 0 Å². The summed E-state index contributed by atoms with van der Waals surface area (Å²) in [4.78, 5) is 23.0. The van der Waals surface area contributed by atoms with E-state index in [-0.39, 0.29) is 27.6 Å². The Morgan fingerprint density at radius 2 is 1.87 bits per heavy atom. The molecule has 0 unspecified atom stereocenters. The molecule has 0 radical (unpaired) electrons. The third kappa shape index (κ3) is 4.25. The molecule has 0 saturated carbocycles. The summed E-state index contributed by atoms with van der Waals surface area (Å²) in [5, 5.41) is 9.69. The van der Waals surface area contributed by atoms with Gasteiger partial charge in [-0.1, -0.05) is 6.07 Å². The monoisotopic (exact) mass is 538 g/mol. The highest BCUT2D eigenvalue weighted by molar-refractivity contribution is 14.1. The lowest BCUT2D eigenvalue weighted by atomic mass is 10.1. The molecule has 3 aromatic rings. The number of aliphatic hydroxyl groups is 1. The van der Waals surface area contributed by atoms with Crippen LogP contribution in [0.1, 0.15) is 23.2 Å². The van der Waals surface area contributed by atoms with Gasteiger partial charge in [0.1, 0.15) is 10.4 Å². The molecule has 30 heavy (non-hydrogen) atoms. The molecule has 0 bridgehead atoms. The van der Waals surface area contributed by atoms with Gasteiger partial charge in [0.15, 0.2) is 0 Å². The highest BCUT2D eigenvalue weighted by Crippen LogP contribution is 2.27. The Balaban J connectivity index is 1.70. The molecule has 2 aromatic carbocycles. The normalized spacial score (nSPS) is 15.3. The van der Waals surface area contributed by atoms with Crippen LogP contribution >= 0.6 is 22.6 Å². The first-order valence-electron chi connectivity index (χ1n) is 9.34. The molecule has 0 atom stereocenters. The number of aliphatic hydroxyl groups excluding tert-OH is 1. The van der Waals surface area contributed by atoms with Crippen molar-refractivity contribution in [3.05, 3.63) is 57.9 Å². The Morgan fingerprint density at radius 1 is 1.13 bits per heavy atom. The molecule has 0 aliphatic carbocycles. The SMILES string of the molecule is O=C(c1ccc(I)cc1NS(=O)(=O)c1cccc2nccnc12)N1CCC(O)CC1. The lowest BCUT2D eigenvalue weighted by molar-refractivity contribution is 0.0547. The third-order valence-corrected chi connectivity index (χ3v) is 7.03. The molecule has 4 rings (SSSR count). The summed E-state index contributed by atoms with van der Waals surface area (Å²) in [5.41, 5.74) is 1.20. The maximum absolute atomic E-state index is 13.2. The molecular formula is C20H19IN4O4S. The summed E-state index contributed by atoms with van der Waals surface area (Å²) in [6, 6.07) is 9.75. The van der Waals surface area contributed by atoms with Crippen LogP contribution in [0.5, 0.6) is 0 Å². The van der Waals surface area contributed by atoms with Crippen molar-refractivity contribution >= 4 is 55.2 Å². The zero-order valence-corrected chi connectivity index (χ0v) is 18.8. The number of nitrogens with zero attached hydrogens (tertiary/aromatic N) is 3. The fourth-order valence-corrected chi connectivity index (χ4v) is 5.14. The van der Waals surface area contributed by atoms with Crippen molar-refractivity contribution in [1.82, 2.24) is 14.9 Å². The number of rotatable bonds is 4. The van der Waals surface area contributed by atoms with Gasteiger partial charge in [0.05, 0.1) is 22.9 Å². The number of likely N-dealkylation sites (tertiary alicyclic amines) is 1. The Labute approximate surface area is 187 Å². The van der Waals surface area contributed by atoms with E-state index in [4.69, 9.17) is 0 Å². The molecule has 1 amide bonds. The van der Waals surface area contributed by atoms with Crippen molar-refractivity contribution in [3.8, 4) is 0 Å². The van der Waals surface area contributed by atoms with Crippen LogP contribution in [0.3, 0.4) is 0 Å². The molecule has 0 spiro atoms. The summed E-state index contributed by atoms with van der Waals surface area (Å²) in [7, 11) is -4.02. The molecule has 1 fully saturated rings. The zero-order valence-electron chi connectivity index (χ0n) is 15.8. The maximum Gasteiger partial charge on any atom is 0.264 e.